The van der Waals surface area contributed by atoms with E-state index in [4.69, 9.17) is 4.74 Å². The predicted molar refractivity (Wildman–Crippen MR) is 68.0 cm³/mol. The van der Waals surface area contributed by atoms with Crippen LogP contribution in [0, 0.1) is 6.92 Å². The Morgan fingerprint density at radius 3 is 2.84 bits per heavy atom. The van der Waals surface area contributed by atoms with Gasteiger partial charge in [-0.2, -0.15) is 0 Å². The molecule has 0 atom stereocenters. The molecule has 2 rings (SSSR count). The van der Waals surface area contributed by atoms with Crippen molar-refractivity contribution in [2.45, 2.75) is 20.1 Å². The number of aromatic nitrogens is 4. The van der Waals surface area contributed by atoms with Gasteiger partial charge in [-0.05, 0) is 6.92 Å². The summed E-state index contributed by atoms with van der Waals surface area (Å²) in [5.41, 5.74) is 0.783. The molecule has 0 radical (unpaired) electrons. The second-order valence-electron chi connectivity index (χ2n) is 3.81. The Hall–Kier alpha value is -1.80. The largest absolute Gasteiger partial charge is 0.464 e. The van der Waals surface area contributed by atoms with E-state index < -0.39 is 5.97 Å². The zero-order valence-corrected chi connectivity index (χ0v) is 11.7. The van der Waals surface area contributed by atoms with Crippen LogP contribution in [-0.2, 0) is 22.6 Å². The first-order valence-electron chi connectivity index (χ1n) is 5.56. The zero-order chi connectivity index (χ0) is 13.8. The Kier molecular flexibility index (Phi) is 4.23. The molecule has 0 saturated heterocycles. The molecule has 0 aromatic carbocycles. The van der Waals surface area contributed by atoms with Crippen LogP contribution in [0.25, 0.3) is 0 Å². The molecule has 102 valence electrons. The van der Waals surface area contributed by atoms with E-state index in [9.17, 15) is 4.79 Å². The maximum absolute atomic E-state index is 11.6. The highest BCUT2D eigenvalue weighted by Crippen LogP contribution is 2.15. The van der Waals surface area contributed by atoms with E-state index >= 15 is 0 Å². The van der Waals surface area contributed by atoms with E-state index in [1.807, 2.05) is 6.92 Å². The third-order valence-electron chi connectivity index (χ3n) is 2.47. The lowest BCUT2D eigenvalue weighted by Crippen LogP contribution is -2.11. The van der Waals surface area contributed by atoms with E-state index in [0.717, 1.165) is 9.88 Å². The maximum Gasteiger partial charge on any atom is 0.360 e. The summed E-state index contributed by atoms with van der Waals surface area (Å²) in [6.07, 6.45) is 1.79. The van der Waals surface area contributed by atoms with Gasteiger partial charge in [0.05, 0.1) is 31.0 Å². The summed E-state index contributed by atoms with van der Waals surface area (Å²) in [6, 6.07) is 0. The van der Waals surface area contributed by atoms with Gasteiger partial charge in [0.15, 0.2) is 5.69 Å². The molecule has 0 amide bonds. The van der Waals surface area contributed by atoms with Crippen molar-refractivity contribution in [3.63, 3.8) is 0 Å². The lowest BCUT2D eigenvalue weighted by atomic mass is 10.3. The highest BCUT2D eigenvalue weighted by molar-refractivity contribution is 7.11. The van der Waals surface area contributed by atoms with Gasteiger partial charge >= 0.3 is 5.97 Å². The summed E-state index contributed by atoms with van der Waals surface area (Å²) in [7, 11) is 2.86. The van der Waals surface area contributed by atoms with Crippen LogP contribution in [0.15, 0.2) is 6.20 Å². The van der Waals surface area contributed by atoms with Crippen LogP contribution in [-0.4, -0.2) is 40.2 Å². The van der Waals surface area contributed by atoms with Crippen LogP contribution in [0.1, 0.15) is 26.1 Å². The van der Waals surface area contributed by atoms with Gasteiger partial charge in [0.1, 0.15) is 0 Å². The smallest absolute Gasteiger partial charge is 0.360 e. The lowest BCUT2D eigenvalue weighted by Gasteiger charge is -2.05. The summed E-state index contributed by atoms with van der Waals surface area (Å²) >= 11 is 1.58. The second-order valence-corrected chi connectivity index (χ2v) is 5.13. The molecule has 0 aliphatic carbocycles. The average molecular weight is 282 g/mol. The summed E-state index contributed by atoms with van der Waals surface area (Å²) in [5, 5.41) is 8.81. The standard InChI is InChI=1S/C11H14N4O3S/c1-7-12-4-8(19-7)5-15-9(6-17-2)10(13-14-15)11(16)18-3/h4H,5-6H2,1-3H3. The van der Waals surface area contributed by atoms with Crippen LogP contribution >= 0.6 is 11.3 Å². The van der Waals surface area contributed by atoms with Crippen LogP contribution in [0.2, 0.25) is 0 Å². The summed E-state index contributed by atoms with van der Waals surface area (Å²) < 4.78 is 11.4. The fourth-order valence-electron chi connectivity index (χ4n) is 1.62. The summed E-state index contributed by atoms with van der Waals surface area (Å²) in [5.74, 6) is -0.515. The molecule has 2 aromatic heterocycles. The Morgan fingerprint density at radius 1 is 1.47 bits per heavy atom. The van der Waals surface area contributed by atoms with E-state index in [1.54, 1.807) is 29.3 Å². The van der Waals surface area contributed by atoms with Crippen LogP contribution in [0.3, 0.4) is 0 Å². The molecular formula is C11H14N4O3S. The molecule has 8 heteroatoms. The zero-order valence-electron chi connectivity index (χ0n) is 10.9. The number of nitrogens with zero attached hydrogens (tertiary/aromatic N) is 4. The minimum absolute atomic E-state index is 0.186. The maximum atomic E-state index is 11.6. The van der Waals surface area contributed by atoms with Gasteiger partial charge in [-0.3, -0.25) is 0 Å². The fraction of sp³-hybridized carbons (Fsp3) is 0.455. The highest BCUT2D eigenvalue weighted by atomic mass is 32.1. The second kappa shape index (κ2) is 5.89. The quantitative estimate of drug-likeness (QED) is 0.762. The van der Waals surface area contributed by atoms with E-state index in [0.29, 0.717) is 12.2 Å². The number of esters is 1. The molecule has 0 fully saturated rings. The molecule has 2 aromatic rings. The van der Waals surface area contributed by atoms with E-state index in [2.05, 4.69) is 20.0 Å². The van der Waals surface area contributed by atoms with Crippen molar-refractivity contribution in [3.05, 3.63) is 27.5 Å². The monoisotopic (exact) mass is 282 g/mol. The SMILES string of the molecule is COCc1c(C(=O)OC)nnn1Cc1cnc(C)s1. The number of aryl methyl sites for hydroxylation is 1. The molecule has 0 bridgehead atoms. The molecule has 0 unspecified atom stereocenters. The minimum Gasteiger partial charge on any atom is -0.464 e. The Bertz CT molecular complexity index is 578. The number of rotatable bonds is 5. The van der Waals surface area contributed by atoms with Gasteiger partial charge in [0.2, 0.25) is 0 Å². The predicted octanol–water partition coefficient (Wildman–Crippen LogP) is 1.02. The summed E-state index contributed by atoms with van der Waals surface area (Å²) in [4.78, 5) is 16.8. The topological polar surface area (TPSA) is 79.1 Å². The van der Waals surface area contributed by atoms with Crippen molar-refractivity contribution >= 4 is 17.3 Å². The fourth-order valence-corrected chi connectivity index (χ4v) is 2.40. The van der Waals surface area contributed by atoms with Crippen molar-refractivity contribution < 1.29 is 14.3 Å². The normalized spacial score (nSPS) is 10.7. The van der Waals surface area contributed by atoms with Crippen LogP contribution in [0.4, 0.5) is 0 Å². The van der Waals surface area contributed by atoms with Crippen molar-refractivity contribution in [1.29, 1.82) is 0 Å². The van der Waals surface area contributed by atoms with Crippen LogP contribution in [0.5, 0.6) is 0 Å². The molecule has 7 nitrogen and oxygen atoms in total. The number of ether oxygens (including phenoxy) is 2. The van der Waals surface area contributed by atoms with Gasteiger partial charge < -0.3 is 9.47 Å². The highest BCUT2D eigenvalue weighted by Gasteiger charge is 2.20. The number of thiazole rings is 1. The molecule has 0 aliphatic rings. The number of methoxy groups -OCH3 is 2. The Balaban J connectivity index is 2.29. The molecule has 2 heterocycles. The van der Waals surface area contributed by atoms with Gasteiger partial charge in [-0.25, -0.2) is 14.5 Å². The van der Waals surface area contributed by atoms with Gasteiger partial charge in [-0.1, -0.05) is 5.21 Å². The minimum atomic E-state index is -0.515. The lowest BCUT2D eigenvalue weighted by molar-refractivity contribution is 0.0588. The van der Waals surface area contributed by atoms with Crippen molar-refractivity contribution in [1.82, 2.24) is 20.0 Å². The molecule has 0 spiro atoms. The number of carbonyl (C=O) groups is 1. The first-order valence-corrected chi connectivity index (χ1v) is 6.38. The first-order chi connectivity index (χ1) is 9.15. The van der Waals surface area contributed by atoms with Gasteiger partial charge in [-0.15, -0.1) is 16.4 Å². The third-order valence-corrected chi connectivity index (χ3v) is 3.37. The molecule has 0 saturated carbocycles. The molecule has 19 heavy (non-hydrogen) atoms. The number of hydrogen-bond acceptors (Lipinski definition) is 7. The molecule has 0 aliphatic heterocycles. The van der Waals surface area contributed by atoms with E-state index in [1.165, 1.54) is 7.11 Å². The van der Waals surface area contributed by atoms with Crippen molar-refractivity contribution in [3.8, 4) is 0 Å². The Morgan fingerprint density at radius 2 is 2.26 bits per heavy atom. The van der Waals surface area contributed by atoms with Crippen molar-refractivity contribution in [2.24, 2.45) is 0 Å². The van der Waals surface area contributed by atoms with Crippen LogP contribution < -0.4 is 0 Å². The Labute approximate surface area is 114 Å². The van der Waals surface area contributed by atoms with E-state index in [-0.39, 0.29) is 12.3 Å². The molecule has 0 N–H and O–H groups in total. The van der Waals surface area contributed by atoms with Crippen molar-refractivity contribution in [2.75, 3.05) is 14.2 Å². The first kappa shape index (κ1) is 13.6. The van der Waals surface area contributed by atoms with Gasteiger partial charge in [0.25, 0.3) is 0 Å². The number of carbonyl (C=O) groups excluding carboxylic acids is 1. The third kappa shape index (κ3) is 2.96. The number of hydrogen-bond donors (Lipinski definition) is 0. The summed E-state index contributed by atoms with van der Waals surface area (Å²) in [6.45, 7) is 2.69. The molecular weight excluding hydrogens is 268 g/mol. The average Bonchev–Trinajstić information content (AvgIpc) is 2.97. The van der Waals surface area contributed by atoms with Gasteiger partial charge in [0, 0.05) is 18.2 Å².